The summed E-state index contributed by atoms with van der Waals surface area (Å²) in [4.78, 5) is 25.0. The summed E-state index contributed by atoms with van der Waals surface area (Å²) in [6.45, 7) is 0.516. The van der Waals surface area contributed by atoms with Gasteiger partial charge in [0.2, 0.25) is 17.6 Å². The van der Waals surface area contributed by atoms with Crippen LogP contribution in [-0.2, 0) is 9.59 Å². The maximum atomic E-state index is 14.0. The van der Waals surface area contributed by atoms with Crippen molar-refractivity contribution in [3.8, 4) is 17.2 Å². The lowest BCUT2D eigenvalue weighted by molar-refractivity contribution is -0.120. The molecule has 0 aliphatic rings. The minimum Gasteiger partial charge on any atom is -0.493 e. The maximum Gasteiger partial charge on any atom is 0.244 e. The molecule has 0 bridgehead atoms. The predicted octanol–water partition coefficient (Wildman–Crippen LogP) is 2.98. The Hall–Kier alpha value is -3.36. The molecule has 2 amide bonds. The highest BCUT2D eigenvalue weighted by Crippen LogP contribution is 2.39. The van der Waals surface area contributed by atoms with Crippen molar-refractivity contribution in [3.63, 3.8) is 0 Å². The number of hydrogen-bond acceptors (Lipinski definition) is 5. The first-order valence-electron chi connectivity index (χ1n) is 8.14. The van der Waals surface area contributed by atoms with Gasteiger partial charge in [-0.2, -0.15) is 0 Å². The molecule has 2 aromatic carbocycles. The summed E-state index contributed by atoms with van der Waals surface area (Å²) in [5.41, 5.74) is -0.299. The average Bonchev–Trinajstić information content (AvgIpc) is 2.65. The zero-order chi connectivity index (χ0) is 20.8. The van der Waals surface area contributed by atoms with E-state index in [0.717, 1.165) is 24.0 Å². The molecule has 0 aliphatic carbocycles. The summed E-state index contributed by atoms with van der Waals surface area (Å²) in [5.74, 6) is -2.31. The fourth-order valence-electron chi connectivity index (χ4n) is 2.59. The molecule has 7 nitrogen and oxygen atoms in total. The minimum atomic E-state index is -0.948. The number of hydrogen-bond donors (Lipinski definition) is 1. The lowest BCUT2D eigenvalue weighted by Gasteiger charge is -2.22. The van der Waals surface area contributed by atoms with Crippen LogP contribution < -0.4 is 24.4 Å². The van der Waals surface area contributed by atoms with Crippen molar-refractivity contribution in [2.45, 2.75) is 6.92 Å². The number of benzene rings is 2. The van der Waals surface area contributed by atoms with Crippen molar-refractivity contribution in [2.24, 2.45) is 0 Å². The maximum absolute atomic E-state index is 14.0. The van der Waals surface area contributed by atoms with Gasteiger partial charge >= 0.3 is 0 Å². The van der Waals surface area contributed by atoms with Gasteiger partial charge in [-0.05, 0) is 12.1 Å². The molecule has 9 heteroatoms. The van der Waals surface area contributed by atoms with Gasteiger partial charge in [-0.15, -0.1) is 0 Å². The van der Waals surface area contributed by atoms with E-state index in [1.165, 1.54) is 39.5 Å². The third-order valence-corrected chi connectivity index (χ3v) is 3.84. The molecule has 2 aromatic rings. The quantitative estimate of drug-likeness (QED) is 0.781. The van der Waals surface area contributed by atoms with Gasteiger partial charge in [0.1, 0.15) is 23.9 Å². The standard InChI is InChI=1S/C19H20F2N2O5/c1-11(24)23(18-13(20)6-5-7-14(18)21)10-17(25)22-12-8-15(26-2)19(28-4)16(9-12)27-3/h5-9H,10H2,1-4H3,(H,22,25). The minimum absolute atomic E-state index is 0.289. The Morgan fingerprint density at radius 1 is 1.00 bits per heavy atom. The monoisotopic (exact) mass is 394 g/mol. The SMILES string of the molecule is COc1cc(NC(=O)CN(C(C)=O)c2c(F)cccc2F)cc(OC)c1OC. The normalized spacial score (nSPS) is 10.2. The second-order valence-corrected chi connectivity index (χ2v) is 5.64. The molecule has 0 heterocycles. The summed E-state index contributed by atoms with van der Waals surface area (Å²) in [6.07, 6.45) is 0. The number of rotatable bonds is 7. The molecular weight excluding hydrogens is 374 g/mol. The Labute approximate surface area is 160 Å². The van der Waals surface area contributed by atoms with E-state index >= 15 is 0 Å². The second-order valence-electron chi connectivity index (χ2n) is 5.64. The topological polar surface area (TPSA) is 77.1 Å². The lowest BCUT2D eigenvalue weighted by atomic mass is 10.2. The first-order valence-corrected chi connectivity index (χ1v) is 8.14. The van der Waals surface area contributed by atoms with E-state index in [-0.39, 0.29) is 5.69 Å². The number of carbonyl (C=O) groups excluding carboxylic acids is 2. The molecular formula is C19H20F2N2O5. The zero-order valence-corrected chi connectivity index (χ0v) is 15.8. The largest absolute Gasteiger partial charge is 0.493 e. The highest BCUT2D eigenvalue weighted by atomic mass is 19.1. The number of para-hydroxylation sites is 1. The van der Waals surface area contributed by atoms with Crippen molar-refractivity contribution >= 4 is 23.2 Å². The van der Waals surface area contributed by atoms with Crippen LogP contribution in [0.5, 0.6) is 17.2 Å². The van der Waals surface area contributed by atoms with Crippen LogP contribution >= 0.6 is 0 Å². The highest BCUT2D eigenvalue weighted by Gasteiger charge is 2.23. The first-order chi connectivity index (χ1) is 13.3. The van der Waals surface area contributed by atoms with Crippen LogP contribution in [-0.4, -0.2) is 39.7 Å². The van der Waals surface area contributed by atoms with E-state index < -0.39 is 35.7 Å². The molecule has 0 aliphatic heterocycles. The van der Waals surface area contributed by atoms with E-state index in [1.807, 2.05) is 0 Å². The third-order valence-electron chi connectivity index (χ3n) is 3.84. The van der Waals surface area contributed by atoms with Crippen molar-refractivity contribution in [1.82, 2.24) is 0 Å². The number of methoxy groups -OCH3 is 3. The van der Waals surface area contributed by atoms with Crippen molar-refractivity contribution in [3.05, 3.63) is 42.0 Å². The molecule has 0 saturated carbocycles. The van der Waals surface area contributed by atoms with E-state index in [1.54, 1.807) is 0 Å². The van der Waals surface area contributed by atoms with Crippen LogP contribution in [0.15, 0.2) is 30.3 Å². The Bertz CT molecular complexity index is 843. The van der Waals surface area contributed by atoms with Gasteiger partial charge in [0, 0.05) is 24.7 Å². The van der Waals surface area contributed by atoms with Crippen LogP contribution in [0.1, 0.15) is 6.92 Å². The molecule has 0 aromatic heterocycles. The lowest BCUT2D eigenvalue weighted by Crippen LogP contribution is -2.37. The van der Waals surface area contributed by atoms with Crippen molar-refractivity contribution in [2.75, 3.05) is 38.1 Å². The molecule has 0 saturated heterocycles. The van der Waals surface area contributed by atoms with Crippen molar-refractivity contribution < 1.29 is 32.6 Å². The Morgan fingerprint density at radius 3 is 1.96 bits per heavy atom. The summed E-state index contributed by atoms with van der Waals surface area (Å²) >= 11 is 0. The van der Waals surface area contributed by atoms with Gasteiger partial charge in [-0.3, -0.25) is 14.5 Å². The molecule has 2 rings (SSSR count). The number of amides is 2. The van der Waals surface area contributed by atoms with Gasteiger partial charge in [0.25, 0.3) is 0 Å². The number of anilines is 2. The summed E-state index contributed by atoms with van der Waals surface area (Å²) in [6, 6.07) is 6.15. The van der Waals surface area contributed by atoms with Crippen LogP contribution in [0.25, 0.3) is 0 Å². The molecule has 1 N–H and O–H groups in total. The second kappa shape index (κ2) is 9.03. The Morgan fingerprint density at radius 2 is 1.54 bits per heavy atom. The first kappa shape index (κ1) is 20.9. The zero-order valence-electron chi connectivity index (χ0n) is 15.8. The number of nitrogens with one attached hydrogen (secondary N) is 1. The highest BCUT2D eigenvalue weighted by molar-refractivity contribution is 6.02. The Kier molecular flexibility index (Phi) is 6.75. The van der Waals surface area contributed by atoms with E-state index in [2.05, 4.69) is 5.32 Å². The predicted molar refractivity (Wildman–Crippen MR) is 99.1 cm³/mol. The molecule has 0 spiro atoms. The molecule has 150 valence electrons. The number of ether oxygens (including phenoxy) is 3. The van der Waals surface area contributed by atoms with Crippen LogP contribution in [0, 0.1) is 11.6 Å². The Balaban J connectivity index is 2.28. The van der Waals surface area contributed by atoms with Gasteiger partial charge in [0.05, 0.1) is 21.3 Å². The van der Waals surface area contributed by atoms with Gasteiger partial charge in [-0.25, -0.2) is 8.78 Å². The van der Waals surface area contributed by atoms with Crippen LogP contribution in [0.3, 0.4) is 0 Å². The van der Waals surface area contributed by atoms with Crippen molar-refractivity contribution in [1.29, 1.82) is 0 Å². The fourth-order valence-corrected chi connectivity index (χ4v) is 2.59. The molecule has 28 heavy (non-hydrogen) atoms. The smallest absolute Gasteiger partial charge is 0.244 e. The van der Waals surface area contributed by atoms with Gasteiger partial charge in [-0.1, -0.05) is 6.07 Å². The summed E-state index contributed by atoms with van der Waals surface area (Å²) in [7, 11) is 4.27. The van der Waals surface area contributed by atoms with E-state index in [4.69, 9.17) is 14.2 Å². The van der Waals surface area contributed by atoms with Gasteiger partial charge in [0.15, 0.2) is 11.5 Å². The molecule has 0 radical (unpaired) electrons. The van der Waals surface area contributed by atoms with Gasteiger partial charge < -0.3 is 19.5 Å². The summed E-state index contributed by atoms with van der Waals surface area (Å²) in [5, 5.41) is 2.54. The summed E-state index contributed by atoms with van der Waals surface area (Å²) < 4.78 is 43.6. The molecule has 0 fully saturated rings. The van der Waals surface area contributed by atoms with Crippen LogP contribution in [0.4, 0.5) is 20.2 Å². The number of nitrogens with zero attached hydrogens (tertiary/aromatic N) is 1. The number of carbonyl (C=O) groups is 2. The van der Waals surface area contributed by atoms with E-state index in [0.29, 0.717) is 17.2 Å². The van der Waals surface area contributed by atoms with E-state index in [9.17, 15) is 18.4 Å². The van der Waals surface area contributed by atoms with Crippen LogP contribution in [0.2, 0.25) is 0 Å². The average molecular weight is 394 g/mol. The number of halogens is 2. The molecule has 0 atom stereocenters. The molecule has 0 unspecified atom stereocenters. The third kappa shape index (κ3) is 4.48. The fraction of sp³-hybridized carbons (Fsp3) is 0.263.